The number of nitrogens with zero attached hydrogens (tertiary/aromatic N) is 3. The zero-order valence-corrected chi connectivity index (χ0v) is 12.2. The van der Waals surface area contributed by atoms with Gasteiger partial charge in [-0.05, 0) is 13.2 Å². The van der Waals surface area contributed by atoms with E-state index in [0.29, 0.717) is 6.54 Å². The summed E-state index contributed by atoms with van der Waals surface area (Å²) in [5.74, 6) is 0.828. The molecule has 20 heavy (non-hydrogen) atoms. The van der Waals surface area contributed by atoms with Gasteiger partial charge in [-0.3, -0.25) is 0 Å². The smallest absolute Gasteiger partial charge is 0.168 e. The summed E-state index contributed by atoms with van der Waals surface area (Å²) >= 11 is 1.63. The van der Waals surface area contributed by atoms with Crippen LogP contribution in [0.1, 0.15) is 11.5 Å². The average Bonchev–Trinajstić information content (AvgIpc) is 3.07. The van der Waals surface area contributed by atoms with E-state index in [-0.39, 0.29) is 0 Å². The molecule has 0 spiro atoms. The van der Waals surface area contributed by atoms with Crippen molar-refractivity contribution in [2.75, 3.05) is 6.26 Å². The SMILES string of the molecule is CSc1nc(-c2ccccc2)cn1Cc1cc(C)on1. The molecule has 3 rings (SSSR count). The third-order valence-electron chi connectivity index (χ3n) is 3.00. The molecule has 3 aromatic rings. The van der Waals surface area contributed by atoms with Gasteiger partial charge in [0.15, 0.2) is 5.16 Å². The standard InChI is InChI=1S/C15H15N3OS/c1-11-8-13(17-19-11)9-18-10-14(16-15(18)20-2)12-6-4-3-5-7-12/h3-8,10H,9H2,1-2H3. The number of benzene rings is 1. The van der Waals surface area contributed by atoms with E-state index in [9.17, 15) is 0 Å². The lowest BCUT2D eigenvalue weighted by Crippen LogP contribution is -1.99. The van der Waals surface area contributed by atoms with Crippen LogP contribution in [0.4, 0.5) is 0 Å². The molecule has 102 valence electrons. The highest BCUT2D eigenvalue weighted by atomic mass is 32.2. The molecule has 0 atom stereocenters. The van der Waals surface area contributed by atoms with Gasteiger partial charge in [0.2, 0.25) is 0 Å². The maximum atomic E-state index is 5.11. The van der Waals surface area contributed by atoms with Crippen LogP contribution in [0.3, 0.4) is 0 Å². The largest absolute Gasteiger partial charge is 0.361 e. The van der Waals surface area contributed by atoms with Gasteiger partial charge in [-0.25, -0.2) is 4.98 Å². The van der Waals surface area contributed by atoms with Crippen molar-refractivity contribution in [2.45, 2.75) is 18.6 Å². The highest BCUT2D eigenvalue weighted by Crippen LogP contribution is 2.23. The molecule has 0 saturated heterocycles. The first-order valence-corrected chi connectivity index (χ1v) is 7.57. The van der Waals surface area contributed by atoms with E-state index in [1.807, 2.05) is 37.4 Å². The van der Waals surface area contributed by atoms with Gasteiger partial charge in [0, 0.05) is 17.8 Å². The van der Waals surface area contributed by atoms with Crippen LogP contribution in [0, 0.1) is 6.92 Å². The van der Waals surface area contributed by atoms with Gasteiger partial charge in [-0.2, -0.15) is 0 Å². The summed E-state index contributed by atoms with van der Waals surface area (Å²) in [4.78, 5) is 4.67. The van der Waals surface area contributed by atoms with Crippen LogP contribution in [0.15, 0.2) is 52.3 Å². The first-order valence-electron chi connectivity index (χ1n) is 6.35. The summed E-state index contributed by atoms with van der Waals surface area (Å²) in [6.07, 6.45) is 4.09. The molecule has 0 amide bonds. The summed E-state index contributed by atoms with van der Waals surface area (Å²) in [6, 6.07) is 12.1. The fourth-order valence-corrected chi connectivity index (χ4v) is 2.63. The first kappa shape index (κ1) is 13.0. The van der Waals surface area contributed by atoms with Crippen molar-refractivity contribution in [1.29, 1.82) is 0 Å². The van der Waals surface area contributed by atoms with Crippen LogP contribution in [-0.4, -0.2) is 21.0 Å². The minimum atomic E-state index is 0.674. The van der Waals surface area contributed by atoms with Crippen LogP contribution < -0.4 is 0 Å². The van der Waals surface area contributed by atoms with E-state index >= 15 is 0 Å². The molecule has 0 unspecified atom stereocenters. The lowest BCUT2D eigenvalue weighted by Gasteiger charge is -2.01. The van der Waals surface area contributed by atoms with Gasteiger partial charge in [-0.15, -0.1) is 0 Å². The predicted molar refractivity (Wildman–Crippen MR) is 79.8 cm³/mol. The average molecular weight is 285 g/mol. The molecule has 0 aliphatic heterocycles. The summed E-state index contributed by atoms with van der Waals surface area (Å²) in [6.45, 7) is 2.57. The molecule has 0 radical (unpaired) electrons. The highest BCUT2D eigenvalue weighted by molar-refractivity contribution is 7.98. The fraction of sp³-hybridized carbons (Fsp3) is 0.200. The van der Waals surface area contributed by atoms with Crippen molar-refractivity contribution in [3.05, 3.63) is 54.0 Å². The zero-order valence-electron chi connectivity index (χ0n) is 11.4. The third kappa shape index (κ3) is 2.63. The lowest BCUT2D eigenvalue weighted by molar-refractivity contribution is 0.388. The summed E-state index contributed by atoms with van der Waals surface area (Å²) in [5, 5.41) is 5.01. The van der Waals surface area contributed by atoms with E-state index in [0.717, 1.165) is 27.9 Å². The monoisotopic (exact) mass is 285 g/mol. The number of imidazole rings is 1. The summed E-state index contributed by atoms with van der Waals surface area (Å²) in [5.41, 5.74) is 3.02. The Labute approximate surface area is 121 Å². The van der Waals surface area contributed by atoms with E-state index in [1.165, 1.54) is 0 Å². The fourth-order valence-electron chi connectivity index (χ4n) is 2.09. The third-order valence-corrected chi connectivity index (χ3v) is 3.69. The molecule has 2 heterocycles. The maximum Gasteiger partial charge on any atom is 0.168 e. The molecule has 0 aliphatic rings. The Hall–Kier alpha value is -2.01. The Kier molecular flexibility index (Phi) is 3.60. The number of aromatic nitrogens is 3. The van der Waals surface area contributed by atoms with Crippen molar-refractivity contribution < 1.29 is 4.52 Å². The summed E-state index contributed by atoms with van der Waals surface area (Å²) < 4.78 is 7.21. The van der Waals surface area contributed by atoms with E-state index < -0.39 is 0 Å². The predicted octanol–water partition coefficient (Wildman–Crippen LogP) is 3.62. The Morgan fingerprint density at radius 1 is 1.25 bits per heavy atom. The van der Waals surface area contributed by atoms with E-state index in [4.69, 9.17) is 4.52 Å². The molecule has 2 aromatic heterocycles. The molecule has 0 fully saturated rings. The number of thioether (sulfide) groups is 1. The molecule has 0 bridgehead atoms. The van der Waals surface area contributed by atoms with Gasteiger partial charge in [0.25, 0.3) is 0 Å². The van der Waals surface area contributed by atoms with Gasteiger partial charge >= 0.3 is 0 Å². The Balaban J connectivity index is 1.93. The molecule has 1 aromatic carbocycles. The van der Waals surface area contributed by atoms with Gasteiger partial charge in [0.05, 0.1) is 12.2 Å². The minimum Gasteiger partial charge on any atom is -0.361 e. The maximum absolute atomic E-state index is 5.11. The van der Waals surface area contributed by atoms with Crippen LogP contribution in [0.2, 0.25) is 0 Å². The van der Waals surface area contributed by atoms with E-state index in [2.05, 4.69) is 33.0 Å². The Morgan fingerprint density at radius 3 is 2.70 bits per heavy atom. The normalized spacial score (nSPS) is 10.9. The van der Waals surface area contributed by atoms with E-state index in [1.54, 1.807) is 11.8 Å². The molecular formula is C15H15N3OS. The van der Waals surface area contributed by atoms with Crippen LogP contribution >= 0.6 is 11.8 Å². The van der Waals surface area contributed by atoms with Crippen LogP contribution in [0.5, 0.6) is 0 Å². The second kappa shape index (κ2) is 5.54. The van der Waals surface area contributed by atoms with Crippen molar-refractivity contribution in [3.8, 4) is 11.3 Å². The minimum absolute atomic E-state index is 0.674. The van der Waals surface area contributed by atoms with Gasteiger partial charge < -0.3 is 9.09 Å². The molecule has 0 saturated carbocycles. The second-order valence-electron chi connectivity index (χ2n) is 4.54. The quantitative estimate of drug-likeness (QED) is 0.687. The Bertz CT molecular complexity index is 703. The molecule has 0 aliphatic carbocycles. The van der Waals surface area contributed by atoms with Gasteiger partial charge in [-0.1, -0.05) is 47.3 Å². The van der Waals surface area contributed by atoms with Crippen molar-refractivity contribution in [1.82, 2.24) is 14.7 Å². The molecule has 4 nitrogen and oxygen atoms in total. The van der Waals surface area contributed by atoms with Crippen molar-refractivity contribution in [3.63, 3.8) is 0 Å². The molecule has 0 N–H and O–H groups in total. The lowest BCUT2D eigenvalue weighted by atomic mass is 10.2. The van der Waals surface area contributed by atoms with Crippen LogP contribution in [-0.2, 0) is 6.54 Å². The number of hydrogen-bond acceptors (Lipinski definition) is 4. The van der Waals surface area contributed by atoms with Crippen molar-refractivity contribution in [2.24, 2.45) is 0 Å². The van der Waals surface area contributed by atoms with Crippen LogP contribution in [0.25, 0.3) is 11.3 Å². The number of hydrogen-bond donors (Lipinski definition) is 0. The first-order chi connectivity index (χ1) is 9.76. The Morgan fingerprint density at radius 2 is 2.05 bits per heavy atom. The topological polar surface area (TPSA) is 43.9 Å². The molecular weight excluding hydrogens is 270 g/mol. The van der Waals surface area contributed by atoms with Crippen molar-refractivity contribution >= 4 is 11.8 Å². The van der Waals surface area contributed by atoms with Gasteiger partial charge in [0.1, 0.15) is 11.5 Å². The zero-order chi connectivity index (χ0) is 13.9. The summed E-state index contributed by atoms with van der Waals surface area (Å²) in [7, 11) is 0. The highest BCUT2D eigenvalue weighted by Gasteiger charge is 2.10. The number of rotatable bonds is 4. The number of aryl methyl sites for hydroxylation is 1. The second-order valence-corrected chi connectivity index (χ2v) is 5.31. The molecule has 5 heteroatoms.